The highest BCUT2D eigenvalue weighted by molar-refractivity contribution is 6.22. The number of amides is 2. The van der Waals surface area contributed by atoms with Crippen LogP contribution >= 0.6 is 0 Å². The molecule has 3 aliphatic carbocycles. The summed E-state index contributed by atoms with van der Waals surface area (Å²) in [7, 11) is 1.62. The van der Waals surface area contributed by atoms with Crippen molar-refractivity contribution in [2.45, 2.75) is 26.2 Å². The SMILES string of the molecule is COc1ccc(N2C(=O)C3CC4C5C=CC(C5)C4CC3C2=O)c(C)c1. The lowest BCUT2D eigenvalue weighted by atomic mass is 9.65. The van der Waals surface area contributed by atoms with Crippen LogP contribution in [0.4, 0.5) is 5.69 Å². The van der Waals surface area contributed by atoms with Crippen molar-refractivity contribution in [3.8, 4) is 5.75 Å². The predicted molar refractivity (Wildman–Crippen MR) is 94.2 cm³/mol. The maximum Gasteiger partial charge on any atom is 0.237 e. The molecule has 3 fully saturated rings. The van der Waals surface area contributed by atoms with Crippen molar-refractivity contribution in [2.24, 2.45) is 35.5 Å². The molecule has 4 aliphatic rings. The van der Waals surface area contributed by atoms with Crippen LogP contribution in [0.1, 0.15) is 24.8 Å². The number of hydrogen-bond donors (Lipinski definition) is 0. The normalized spacial score (nSPS) is 38.2. The minimum absolute atomic E-state index is 0.00784. The average molecular weight is 337 g/mol. The summed E-state index contributed by atoms with van der Waals surface area (Å²) in [6.07, 6.45) is 7.70. The Labute approximate surface area is 147 Å². The summed E-state index contributed by atoms with van der Waals surface area (Å²) in [5.41, 5.74) is 1.62. The van der Waals surface area contributed by atoms with E-state index >= 15 is 0 Å². The molecule has 4 heteroatoms. The van der Waals surface area contributed by atoms with Gasteiger partial charge in [0.05, 0.1) is 24.6 Å². The van der Waals surface area contributed by atoms with Gasteiger partial charge < -0.3 is 4.74 Å². The van der Waals surface area contributed by atoms with Gasteiger partial charge in [0, 0.05) is 0 Å². The van der Waals surface area contributed by atoms with E-state index in [1.807, 2.05) is 25.1 Å². The van der Waals surface area contributed by atoms with Gasteiger partial charge in [-0.1, -0.05) is 12.2 Å². The van der Waals surface area contributed by atoms with E-state index in [0.717, 1.165) is 29.8 Å². The molecule has 0 radical (unpaired) electrons. The van der Waals surface area contributed by atoms with E-state index in [4.69, 9.17) is 4.74 Å². The van der Waals surface area contributed by atoms with Crippen LogP contribution in [0.5, 0.6) is 5.75 Å². The third kappa shape index (κ3) is 2.00. The van der Waals surface area contributed by atoms with Gasteiger partial charge in [0.25, 0.3) is 0 Å². The monoisotopic (exact) mass is 337 g/mol. The third-order valence-corrected chi connectivity index (χ3v) is 7.06. The number of hydrogen-bond acceptors (Lipinski definition) is 3. The Hall–Kier alpha value is -2.10. The van der Waals surface area contributed by atoms with Crippen LogP contribution in [-0.4, -0.2) is 18.9 Å². The molecule has 6 unspecified atom stereocenters. The molecule has 0 spiro atoms. The van der Waals surface area contributed by atoms with E-state index in [2.05, 4.69) is 12.2 Å². The van der Waals surface area contributed by atoms with Crippen molar-refractivity contribution in [2.75, 3.05) is 12.0 Å². The number of rotatable bonds is 2. The zero-order valence-electron chi connectivity index (χ0n) is 14.6. The third-order valence-electron chi connectivity index (χ3n) is 7.06. The zero-order valence-corrected chi connectivity index (χ0v) is 14.6. The second-order valence-corrected chi connectivity index (χ2v) is 8.12. The molecule has 2 amide bonds. The number of fused-ring (bicyclic) bond motifs is 6. The van der Waals surface area contributed by atoms with Crippen molar-refractivity contribution in [3.05, 3.63) is 35.9 Å². The maximum atomic E-state index is 13.1. The van der Waals surface area contributed by atoms with E-state index in [9.17, 15) is 9.59 Å². The lowest BCUT2D eigenvalue weighted by molar-refractivity contribution is -0.122. The van der Waals surface area contributed by atoms with Crippen molar-refractivity contribution in [3.63, 3.8) is 0 Å². The summed E-state index contributed by atoms with van der Waals surface area (Å²) in [4.78, 5) is 27.7. The van der Waals surface area contributed by atoms with Crippen molar-refractivity contribution < 1.29 is 14.3 Å². The molecular weight excluding hydrogens is 314 g/mol. The summed E-state index contributed by atoms with van der Waals surface area (Å²) in [6, 6.07) is 5.55. The minimum Gasteiger partial charge on any atom is -0.497 e. The van der Waals surface area contributed by atoms with Crippen LogP contribution in [0.15, 0.2) is 30.4 Å². The fourth-order valence-electron chi connectivity index (χ4n) is 5.87. The second-order valence-electron chi connectivity index (χ2n) is 8.12. The first-order chi connectivity index (χ1) is 12.1. The van der Waals surface area contributed by atoms with Crippen molar-refractivity contribution in [1.82, 2.24) is 0 Å². The second kappa shape index (κ2) is 5.20. The highest BCUT2D eigenvalue weighted by atomic mass is 16.5. The van der Waals surface area contributed by atoms with Crippen LogP contribution in [0.3, 0.4) is 0 Å². The Morgan fingerprint density at radius 3 is 2.08 bits per heavy atom. The largest absolute Gasteiger partial charge is 0.497 e. The fourth-order valence-corrected chi connectivity index (χ4v) is 5.87. The molecule has 0 aromatic heterocycles. The number of methoxy groups -OCH3 is 1. The molecule has 130 valence electrons. The number of aryl methyl sites for hydroxylation is 1. The van der Waals surface area contributed by atoms with Gasteiger partial charge in [-0.05, 0) is 73.6 Å². The lowest BCUT2D eigenvalue weighted by Crippen LogP contribution is -2.35. The van der Waals surface area contributed by atoms with E-state index < -0.39 is 0 Å². The molecule has 1 aliphatic heterocycles. The summed E-state index contributed by atoms with van der Waals surface area (Å²) in [5, 5.41) is 0. The van der Waals surface area contributed by atoms with Gasteiger partial charge in [-0.2, -0.15) is 0 Å². The highest BCUT2D eigenvalue weighted by Gasteiger charge is 2.57. The van der Waals surface area contributed by atoms with Gasteiger partial charge in [-0.3, -0.25) is 9.59 Å². The van der Waals surface area contributed by atoms with E-state index in [-0.39, 0.29) is 23.7 Å². The van der Waals surface area contributed by atoms with Crippen molar-refractivity contribution >= 4 is 17.5 Å². The highest BCUT2D eigenvalue weighted by Crippen LogP contribution is 2.58. The number of nitrogens with zero attached hydrogens (tertiary/aromatic N) is 1. The Morgan fingerprint density at radius 2 is 1.56 bits per heavy atom. The number of imide groups is 1. The first kappa shape index (κ1) is 15.2. The van der Waals surface area contributed by atoms with Crippen LogP contribution in [-0.2, 0) is 9.59 Å². The molecule has 1 heterocycles. The Kier molecular flexibility index (Phi) is 3.16. The van der Waals surface area contributed by atoms with E-state index in [1.54, 1.807) is 7.11 Å². The summed E-state index contributed by atoms with van der Waals surface area (Å²) in [6.45, 7) is 1.93. The summed E-state index contributed by atoms with van der Waals surface area (Å²) < 4.78 is 5.25. The molecular formula is C21H23NO3. The lowest BCUT2D eigenvalue weighted by Gasteiger charge is -2.37. The van der Waals surface area contributed by atoms with Gasteiger partial charge in [0.1, 0.15) is 5.75 Å². The van der Waals surface area contributed by atoms with Gasteiger partial charge in [0.2, 0.25) is 11.8 Å². The average Bonchev–Trinajstić information content (AvgIpc) is 3.29. The summed E-state index contributed by atoms with van der Waals surface area (Å²) in [5.74, 6) is 2.99. The molecule has 2 bridgehead atoms. The molecule has 5 rings (SSSR count). The molecule has 25 heavy (non-hydrogen) atoms. The maximum absolute atomic E-state index is 13.1. The van der Waals surface area contributed by atoms with Crippen LogP contribution in [0, 0.1) is 42.4 Å². The van der Waals surface area contributed by atoms with Crippen LogP contribution in [0.25, 0.3) is 0 Å². The van der Waals surface area contributed by atoms with Gasteiger partial charge in [-0.15, -0.1) is 0 Å². The Balaban J connectivity index is 1.47. The van der Waals surface area contributed by atoms with E-state index in [0.29, 0.717) is 23.7 Å². The predicted octanol–water partition coefficient (Wildman–Crippen LogP) is 3.34. The minimum atomic E-state index is -0.122. The summed E-state index contributed by atoms with van der Waals surface area (Å²) >= 11 is 0. The molecule has 1 saturated heterocycles. The van der Waals surface area contributed by atoms with Gasteiger partial charge in [0.15, 0.2) is 0 Å². The number of anilines is 1. The van der Waals surface area contributed by atoms with Gasteiger partial charge >= 0.3 is 0 Å². The fraction of sp³-hybridized carbons (Fsp3) is 0.524. The first-order valence-corrected chi connectivity index (χ1v) is 9.29. The molecule has 1 aromatic carbocycles. The topological polar surface area (TPSA) is 46.6 Å². The molecule has 6 atom stereocenters. The van der Waals surface area contributed by atoms with E-state index in [1.165, 1.54) is 11.3 Å². The smallest absolute Gasteiger partial charge is 0.237 e. The molecule has 4 nitrogen and oxygen atoms in total. The first-order valence-electron chi connectivity index (χ1n) is 9.29. The number of carbonyl (C=O) groups is 2. The number of benzene rings is 1. The molecule has 1 aromatic rings. The van der Waals surface area contributed by atoms with Crippen LogP contribution < -0.4 is 9.64 Å². The van der Waals surface area contributed by atoms with Crippen molar-refractivity contribution in [1.29, 1.82) is 0 Å². The molecule has 2 saturated carbocycles. The number of ether oxygens (including phenoxy) is 1. The van der Waals surface area contributed by atoms with Crippen LogP contribution in [0.2, 0.25) is 0 Å². The quantitative estimate of drug-likeness (QED) is 0.614. The standard InChI is InChI=1S/C21H23NO3/c1-11-7-14(25-2)5-6-19(11)22-20(23)17-9-15-12-3-4-13(8-12)16(15)10-18(17)21(22)24/h3-7,12-13,15-18H,8-10H2,1-2H3. The number of allylic oxidation sites excluding steroid dienone is 2. The molecule has 0 N–H and O–H groups in total. The Morgan fingerprint density at radius 1 is 0.960 bits per heavy atom. The number of carbonyl (C=O) groups excluding carboxylic acids is 2. The Bertz CT molecular complexity index is 760. The van der Waals surface area contributed by atoms with Gasteiger partial charge in [-0.25, -0.2) is 4.90 Å². The zero-order chi connectivity index (χ0) is 17.3.